The Hall–Kier alpha value is -2.94. The smallest absolute Gasteiger partial charge is 0.356 e. The van der Waals surface area contributed by atoms with Crippen LogP contribution in [-0.2, 0) is 28.2 Å². The zero-order valence-corrected chi connectivity index (χ0v) is 20.5. The number of benzene rings is 1. The number of halogens is 3. The van der Waals surface area contributed by atoms with E-state index in [1.165, 1.54) is 6.07 Å². The number of piperidine rings is 1. The second-order valence-corrected chi connectivity index (χ2v) is 10.9. The molecule has 35 heavy (non-hydrogen) atoms. The van der Waals surface area contributed by atoms with Gasteiger partial charge in [0.15, 0.2) is 5.03 Å². The van der Waals surface area contributed by atoms with Gasteiger partial charge in [-0.25, -0.2) is 13.4 Å². The van der Waals surface area contributed by atoms with Crippen molar-refractivity contribution in [3.63, 3.8) is 0 Å². The molecule has 0 N–H and O–H groups in total. The minimum Gasteiger partial charge on any atom is -0.356 e. The van der Waals surface area contributed by atoms with Gasteiger partial charge in [-0.2, -0.15) is 13.2 Å². The first-order valence-electron chi connectivity index (χ1n) is 11.7. The molecule has 186 valence electrons. The van der Waals surface area contributed by atoms with Gasteiger partial charge in [0.1, 0.15) is 5.82 Å². The molecule has 0 bridgehead atoms. The fourth-order valence-electron chi connectivity index (χ4n) is 4.49. The number of sulfone groups is 1. The van der Waals surface area contributed by atoms with E-state index in [4.69, 9.17) is 0 Å². The molecule has 3 aromatic rings. The van der Waals surface area contributed by atoms with Gasteiger partial charge in [0.25, 0.3) is 0 Å². The van der Waals surface area contributed by atoms with Crippen molar-refractivity contribution in [3.05, 3.63) is 71.4 Å². The van der Waals surface area contributed by atoms with Gasteiger partial charge in [-0.05, 0) is 55.0 Å². The zero-order chi connectivity index (χ0) is 25.2. The third kappa shape index (κ3) is 5.66. The number of aromatic nitrogens is 2. The van der Waals surface area contributed by atoms with E-state index in [1.807, 2.05) is 6.92 Å². The summed E-state index contributed by atoms with van der Waals surface area (Å²) in [6.45, 7) is 5.61. The van der Waals surface area contributed by atoms with Crippen LogP contribution in [0.2, 0.25) is 0 Å². The summed E-state index contributed by atoms with van der Waals surface area (Å²) in [6, 6.07) is 13.6. The Morgan fingerprint density at radius 3 is 2.51 bits per heavy atom. The number of nitrogens with zero attached hydrogens (tertiary/aromatic N) is 3. The SMILES string of the molecule is CCc1ccccc1-c1nc(CS(=O)(=O)c2cccc(N3CCCC(C)C3)n2)ccc1C(F)(F)F. The van der Waals surface area contributed by atoms with Crippen LogP contribution in [-0.4, -0.2) is 31.5 Å². The topological polar surface area (TPSA) is 63.2 Å². The fourth-order valence-corrected chi connectivity index (χ4v) is 5.71. The summed E-state index contributed by atoms with van der Waals surface area (Å²) >= 11 is 0. The summed E-state index contributed by atoms with van der Waals surface area (Å²) in [7, 11) is -3.93. The first kappa shape index (κ1) is 25.2. The fraction of sp³-hybridized carbons (Fsp3) is 0.385. The standard InChI is InChI=1S/C26H28F3N3O2S/c1-3-19-9-4-5-10-21(19)25-22(26(27,28)29)14-13-20(30-25)17-35(33,34)24-12-6-11-23(31-24)32-15-7-8-18(2)16-32/h4-6,9-14,18H,3,7-8,15-17H2,1-2H3. The molecule has 1 unspecified atom stereocenters. The van der Waals surface area contributed by atoms with Gasteiger partial charge < -0.3 is 4.90 Å². The Morgan fingerprint density at radius 2 is 1.80 bits per heavy atom. The quantitative estimate of drug-likeness (QED) is 0.417. The highest BCUT2D eigenvalue weighted by Gasteiger charge is 2.35. The first-order valence-corrected chi connectivity index (χ1v) is 13.3. The van der Waals surface area contributed by atoms with Crippen LogP contribution in [0.15, 0.2) is 59.6 Å². The molecular weight excluding hydrogens is 475 g/mol. The summed E-state index contributed by atoms with van der Waals surface area (Å²) < 4.78 is 67.8. The average Bonchev–Trinajstić information content (AvgIpc) is 2.83. The number of rotatable bonds is 6. The average molecular weight is 504 g/mol. The molecule has 1 aromatic carbocycles. The third-order valence-corrected chi connectivity index (χ3v) is 7.80. The summed E-state index contributed by atoms with van der Waals surface area (Å²) in [4.78, 5) is 10.7. The molecule has 9 heteroatoms. The molecule has 1 saturated heterocycles. The van der Waals surface area contributed by atoms with E-state index < -0.39 is 27.3 Å². The summed E-state index contributed by atoms with van der Waals surface area (Å²) in [6.07, 6.45) is -1.97. The van der Waals surface area contributed by atoms with E-state index in [0.29, 0.717) is 29.3 Å². The minimum absolute atomic E-state index is 0.0395. The number of pyridine rings is 2. The van der Waals surface area contributed by atoms with Gasteiger partial charge in [-0.1, -0.05) is 44.2 Å². The van der Waals surface area contributed by atoms with Crippen molar-refractivity contribution in [2.24, 2.45) is 5.92 Å². The lowest BCUT2D eigenvalue weighted by Crippen LogP contribution is -2.35. The van der Waals surface area contributed by atoms with E-state index in [2.05, 4.69) is 21.8 Å². The number of alkyl halides is 3. The highest BCUT2D eigenvalue weighted by atomic mass is 32.2. The van der Waals surface area contributed by atoms with E-state index in [1.54, 1.807) is 36.4 Å². The summed E-state index contributed by atoms with van der Waals surface area (Å²) in [5, 5.41) is -0.106. The lowest BCUT2D eigenvalue weighted by atomic mass is 9.98. The van der Waals surface area contributed by atoms with Crippen molar-refractivity contribution in [3.8, 4) is 11.3 Å². The van der Waals surface area contributed by atoms with E-state index >= 15 is 0 Å². The van der Waals surface area contributed by atoms with Crippen molar-refractivity contribution in [2.45, 2.75) is 50.1 Å². The maximum absolute atomic E-state index is 13.8. The summed E-state index contributed by atoms with van der Waals surface area (Å²) in [5.74, 6) is 0.543. The van der Waals surface area contributed by atoms with Gasteiger partial charge >= 0.3 is 6.18 Å². The van der Waals surface area contributed by atoms with Crippen molar-refractivity contribution in [2.75, 3.05) is 18.0 Å². The normalized spacial score (nSPS) is 16.9. The van der Waals surface area contributed by atoms with Crippen molar-refractivity contribution in [1.29, 1.82) is 0 Å². The van der Waals surface area contributed by atoms with Crippen LogP contribution in [0.4, 0.5) is 19.0 Å². The van der Waals surface area contributed by atoms with Crippen LogP contribution in [0, 0.1) is 5.92 Å². The molecule has 5 nitrogen and oxygen atoms in total. The molecule has 2 aromatic heterocycles. The molecule has 1 aliphatic rings. The van der Waals surface area contributed by atoms with E-state index in [-0.39, 0.29) is 16.4 Å². The molecule has 0 aliphatic carbocycles. The highest BCUT2D eigenvalue weighted by Crippen LogP contribution is 2.37. The maximum atomic E-state index is 13.8. The van der Waals surface area contributed by atoms with Crippen LogP contribution in [0.3, 0.4) is 0 Å². The Labute approximate surface area is 204 Å². The molecule has 0 amide bonds. The first-order chi connectivity index (χ1) is 16.6. The van der Waals surface area contributed by atoms with Gasteiger partial charge in [-0.3, -0.25) is 4.98 Å². The van der Waals surface area contributed by atoms with Crippen molar-refractivity contribution < 1.29 is 21.6 Å². The maximum Gasteiger partial charge on any atom is 0.418 e. The van der Waals surface area contributed by atoms with Crippen LogP contribution < -0.4 is 4.90 Å². The summed E-state index contributed by atoms with van der Waals surface area (Å²) in [5.41, 5.74) is -0.0557. The lowest BCUT2D eigenvalue weighted by molar-refractivity contribution is -0.137. The monoisotopic (exact) mass is 503 g/mol. The minimum atomic E-state index is -4.62. The largest absolute Gasteiger partial charge is 0.418 e. The van der Waals surface area contributed by atoms with Crippen LogP contribution in [0.1, 0.15) is 43.5 Å². The Kier molecular flexibility index (Phi) is 7.17. The number of hydrogen-bond donors (Lipinski definition) is 0. The third-order valence-electron chi connectivity index (χ3n) is 6.26. The predicted octanol–water partition coefficient (Wildman–Crippen LogP) is 5.94. The van der Waals surface area contributed by atoms with Gasteiger partial charge in [0, 0.05) is 18.7 Å². The molecule has 1 atom stereocenters. The molecule has 1 fully saturated rings. The van der Waals surface area contributed by atoms with Crippen LogP contribution in [0.25, 0.3) is 11.3 Å². The van der Waals surface area contributed by atoms with Crippen LogP contribution in [0.5, 0.6) is 0 Å². The molecule has 0 radical (unpaired) electrons. The Balaban J connectivity index is 1.69. The van der Waals surface area contributed by atoms with Crippen molar-refractivity contribution in [1.82, 2.24) is 9.97 Å². The van der Waals surface area contributed by atoms with Gasteiger partial charge in [0.05, 0.1) is 22.7 Å². The number of aryl methyl sites for hydroxylation is 1. The second-order valence-electron chi connectivity index (χ2n) is 8.99. The molecular formula is C26H28F3N3O2S. The molecule has 1 aliphatic heterocycles. The van der Waals surface area contributed by atoms with Gasteiger partial charge in [0.2, 0.25) is 9.84 Å². The zero-order valence-electron chi connectivity index (χ0n) is 19.7. The molecule has 0 saturated carbocycles. The number of hydrogen-bond acceptors (Lipinski definition) is 5. The van der Waals surface area contributed by atoms with E-state index in [9.17, 15) is 21.6 Å². The number of anilines is 1. The van der Waals surface area contributed by atoms with E-state index in [0.717, 1.165) is 38.1 Å². The molecule has 0 spiro atoms. The van der Waals surface area contributed by atoms with Crippen LogP contribution >= 0.6 is 0 Å². The Morgan fingerprint density at radius 1 is 1.03 bits per heavy atom. The predicted molar refractivity (Wildman–Crippen MR) is 130 cm³/mol. The highest BCUT2D eigenvalue weighted by molar-refractivity contribution is 7.90. The van der Waals surface area contributed by atoms with Crippen molar-refractivity contribution >= 4 is 15.7 Å². The van der Waals surface area contributed by atoms with Gasteiger partial charge in [-0.15, -0.1) is 0 Å². The molecule has 4 rings (SSSR count). The molecule has 3 heterocycles. The lowest BCUT2D eigenvalue weighted by Gasteiger charge is -2.32. The second kappa shape index (κ2) is 9.97. The Bertz CT molecular complexity index is 1310.